The number of carbonyl (C=O) groups is 1. The van der Waals surface area contributed by atoms with Crippen molar-refractivity contribution in [2.45, 2.75) is 46.2 Å². The van der Waals surface area contributed by atoms with Gasteiger partial charge in [-0.3, -0.25) is 14.2 Å². The molecule has 0 bridgehead atoms. The van der Waals surface area contributed by atoms with Crippen LogP contribution in [-0.4, -0.2) is 25.2 Å². The second kappa shape index (κ2) is 7.14. The number of aromatic nitrogens is 4. The zero-order valence-electron chi connectivity index (χ0n) is 16.1. The summed E-state index contributed by atoms with van der Waals surface area (Å²) >= 11 is 0. The van der Waals surface area contributed by atoms with E-state index < -0.39 is 17.5 Å². The third-order valence-electron chi connectivity index (χ3n) is 4.28. The Morgan fingerprint density at radius 1 is 1.25 bits per heavy atom. The number of benzene rings is 1. The van der Waals surface area contributed by atoms with Crippen molar-refractivity contribution < 1.29 is 13.6 Å². The van der Waals surface area contributed by atoms with Crippen LogP contribution in [0.2, 0.25) is 0 Å². The fourth-order valence-corrected chi connectivity index (χ4v) is 2.88. The van der Waals surface area contributed by atoms with Crippen molar-refractivity contribution in [3.05, 3.63) is 52.2 Å². The normalized spacial score (nSPS) is 11.8. The minimum Gasteiger partial charge on any atom is -0.324 e. The highest BCUT2D eigenvalue weighted by molar-refractivity contribution is 5.90. The number of fused-ring (bicyclic) bond motifs is 1. The van der Waals surface area contributed by atoms with Gasteiger partial charge < -0.3 is 5.32 Å². The van der Waals surface area contributed by atoms with Crippen LogP contribution in [-0.2, 0) is 16.9 Å². The van der Waals surface area contributed by atoms with Gasteiger partial charge in [0.2, 0.25) is 5.91 Å². The average molecular weight is 389 g/mol. The summed E-state index contributed by atoms with van der Waals surface area (Å²) < 4.78 is 29.7. The standard InChI is InChI=1S/C19H21F2N5O2/c1-11-23-17-13(10-22-26(17)19(2,3)4)18(28)25(11)8-7-16(27)24-15-6-5-12(20)9-14(15)21/h5-6,9-10H,7-8H2,1-4H3,(H,24,27). The molecule has 0 spiro atoms. The van der Waals surface area contributed by atoms with Crippen LogP contribution in [0.3, 0.4) is 0 Å². The number of hydrogen-bond donors (Lipinski definition) is 1. The van der Waals surface area contributed by atoms with Gasteiger partial charge in [-0.15, -0.1) is 0 Å². The van der Waals surface area contributed by atoms with E-state index in [1.54, 1.807) is 11.6 Å². The van der Waals surface area contributed by atoms with Crippen LogP contribution in [0.1, 0.15) is 33.0 Å². The maximum Gasteiger partial charge on any atom is 0.264 e. The Morgan fingerprint density at radius 2 is 1.96 bits per heavy atom. The van der Waals surface area contributed by atoms with Gasteiger partial charge in [-0.1, -0.05) is 0 Å². The molecule has 1 amide bonds. The summed E-state index contributed by atoms with van der Waals surface area (Å²) in [7, 11) is 0. The Labute approximate surface area is 160 Å². The van der Waals surface area contributed by atoms with E-state index in [1.165, 1.54) is 10.8 Å². The first-order valence-corrected chi connectivity index (χ1v) is 8.78. The van der Waals surface area contributed by atoms with E-state index in [9.17, 15) is 18.4 Å². The van der Waals surface area contributed by atoms with Crippen LogP contribution >= 0.6 is 0 Å². The van der Waals surface area contributed by atoms with Gasteiger partial charge in [-0.2, -0.15) is 5.10 Å². The molecule has 3 aromatic rings. The molecule has 148 valence electrons. The number of halogens is 2. The molecule has 9 heteroatoms. The van der Waals surface area contributed by atoms with E-state index in [2.05, 4.69) is 15.4 Å². The van der Waals surface area contributed by atoms with Gasteiger partial charge in [0.05, 0.1) is 17.4 Å². The second-order valence-corrected chi connectivity index (χ2v) is 7.50. The van der Waals surface area contributed by atoms with Crippen LogP contribution < -0.4 is 10.9 Å². The topological polar surface area (TPSA) is 81.8 Å². The lowest BCUT2D eigenvalue weighted by Crippen LogP contribution is -2.28. The van der Waals surface area contributed by atoms with Gasteiger partial charge in [0.1, 0.15) is 22.8 Å². The minimum absolute atomic E-state index is 0.0713. The predicted molar refractivity (Wildman–Crippen MR) is 101 cm³/mol. The molecule has 1 N–H and O–H groups in total. The first kappa shape index (κ1) is 19.7. The summed E-state index contributed by atoms with van der Waals surface area (Å²) in [5, 5.41) is 7.01. The number of carbonyl (C=O) groups excluding carboxylic acids is 1. The maximum absolute atomic E-state index is 13.6. The van der Waals surface area contributed by atoms with E-state index in [1.807, 2.05) is 20.8 Å². The van der Waals surface area contributed by atoms with E-state index in [4.69, 9.17) is 0 Å². The molecule has 0 atom stereocenters. The molecule has 0 fully saturated rings. The first-order valence-electron chi connectivity index (χ1n) is 8.78. The molecular weight excluding hydrogens is 368 g/mol. The van der Waals surface area contributed by atoms with Gasteiger partial charge >= 0.3 is 0 Å². The van der Waals surface area contributed by atoms with Crippen molar-refractivity contribution in [3.63, 3.8) is 0 Å². The highest BCUT2D eigenvalue weighted by atomic mass is 19.1. The van der Waals surface area contributed by atoms with Gasteiger partial charge in [0.25, 0.3) is 5.56 Å². The zero-order chi connectivity index (χ0) is 20.6. The third-order valence-corrected chi connectivity index (χ3v) is 4.28. The number of hydrogen-bond acceptors (Lipinski definition) is 4. The average Bonchev–Trinajstić information content (AvgIpc) is 3.01. The van der Waals surface area contributed by atoms with Crippen molar-refractivity contribution in [1.82, 2.24) is 19.3 Å². The molecule has 2 heterocycles. The van der Waals surface area contributed by atoms with E-state index >= 15 is 0 Å². The first-order chi connectivity index (χ1) is 13.1. The fraction of sp³-hybridized carbons (Fsp3) is 0.368. The maximum atomic E-state index is 13.6. The predicted octanol–water partition coefficient (Wildman–Crippen LogP) is 2.96. The molecule has 0 aliphatic heterocycles. The molecule has 0 aliphatic carbocycles. The minimum atomic E-state index is -0.862. The quantitative estimate of drug-likeness (QED) is 0.744. The highest BCUT2D eigenvalue weighted by Gasteiger charge is 2.21. The Bertz CT molecular complexity index is 1110. The van der Waals surface area contributed by atoms with Crippen LogP contribution in [0.4, 0.5) is 14.5 Å². The van der Waals surface area contributed by atoms with Crippen LogP contribution in [0.15, 0.2) is 29.2 Å². The van der Waals surface area contributed by atoms with Gasteiger partial charge in [-0.05, 0) is 39.8 Å². The lowest BCUT2D eigenvalue weighted by molar-refractivity contribution is -0.116. The summed E-state index contributed by atoms with van der Waals surface area (Å²) in [5.74, 6) is -1.64. The molecule has 0 aliphatic rings. The molecule has 2 aromatic heterocycles. The second-order valence-electron chi connectivity index (χ2n) is 7.50. The number of rotatable bonds is 4. The summed E-state index contributed by atoms with van der Waals surface area (Å²) in [4.78, 5) is 29.4. The van der Waals surface area contributed by atoms with Crippen molar-refractivity contribution in [3.8, 4) is 0 Å². The number of anilines is 1. The van der Waals surface area contributed by atoms with Gasteiger partial charge in [0, 0.05) is 19.0 Å². The lowest BCUT2D eigenvalue weighted by atomic mass is 10.1. The van der Waals surface area contributed by atoms with Crippen molar-refractivity contribution in [1.29, 1.82) is 0 Å². The summed E-state index contributed by atoms with van der Waals surface area (Å²) in [6.45, 7) is 7.63. The molecule has 0 radical (unpaired) electrons. The zero-order valence-corrected chi connectivity index (χ0v) is 16.1. The van der Waals surface area contributed by atoms with Crippen molar-refractivity contribution in [2.75, 3.05) is 5.32 Å². The third kappa shape index (κ3) is 3.78. The lowest BCUT2D eigenvalue weighted by Gasteiger charge is -2.20. The molecule has 0 saturated carbocycles. The van der Waals surface area contributed by atoms with E-state index in [0.29, 0.717) is 22.9 Å². The highest BCUT2D eigenvalue weighted by Crippen LogP contribution is 2.19. The largest absolute Gasteiger partial charge is 0.324 e. The monoisotopic (exact) mass is 389 g/mol. The van der Waals surface area contributed by atoms with Crippen molar-refractivity contribution >= 4 is 22.6 Å². The Balaban J connectivity index is 1.81. The molecule has 28 heavy (non-hydrogen) atoms. The number of nitrogens with one attached hydrogen (secondary N) is 1. The summed E-state index contributed by atoms with van der Waals surface area (Å²) in [6.07, 6.45) is 1.40. The summed E-state index contributed by atoms with van der Waals surface area (Å²) in [6, 6.07) is 2.89. The van der Waals surface area contributed by atoms with Crippen LogP contribution in [0.25, 0.3) is 11.0 Å². The van der Waals surface area contributed by atoms with Crippen molar-refractivity contribution in [2.24, 2.45) is 0 Å². The molecule has 1 aromatic carbocycles. The Kier molecular flexibility index (Phi) is 5.01. The molecule has 7 nitrogen and oxygen atoms in total. The fourth-order valence-electron chi connectivity index (χ4n) is 2.88. The molecular formula is C19H21F2N5O2. The van der Waals surface area contributed by atoms with E-state index in [-0.39, 0.29) is 29.8 Å². The van der Waals surface area contributed by atoms with E-state index in [0.717, 1.165) is 12.1 Å². The molecule has 0 unspecified atom stereocenters. The molecule has 3 rings (SSSR count). The number of nitrogens with zero attached hydrogens (tertiary/aromatic N) is 4. The van der Waals surface area contributed by atoms with Crippen LogP contribution in [0.5, 0.6) is 0 Å². The summed E-state index contributed by atoms with van der Waals surface area (Å²) in [5.41, 5.74) is -0.253. The smallest absolute Gasteiger partial charge is 0.264 e. The number of aryl methyl sites for hydroxylation is 1. The SMILES string of the molecule is Cc1nc2c(cnn2C(C)(C)C)c(=O)n1CCC(=O)Nc1ccc(F)cc1F. The Morgan fingerprint density at radius 3 is 2.61 bits per heavy atom. The van der Waals surface area contributed by atoms with Gasteiger partial charge in [-0.25, -0.2) is 18.4 Å². The molecule has 0 saturated heterocycles. The Hall–Kier alpha value is -3.10. The van der Waals surface area contributed by atoms with Gasteiger partial charge in [0.15, 0.2) is 5.65 Å². The number of amides is 1. The van der Waals surface area contributed by atoms with Crippen LogP contribution in [0, 0.1) is 18.6 Å².